The van der Waals surface area contributed by atoms with E-state index >= 15 is 0 Å². The minimum absolute atomic E-state index is 0.248. The summed E-state index contributed by atoms with van der Waals surface area (Å²) in [5, 5.41) is 3.05. The molecule has 4 aromatic rings. The molecule has 1 aromatic heterocycles. The number of nitrogens with one attached hydrogen (secondary N) is 1. The topological polar surface area (TPSA) is 45.3 Å². The van der Waals surface area contributed by atoms with Crippen molar-refractivity contribution in [2.75, 3.05) is 0 Å². The van der Waals surface area contributed by atoms with Gasteiger partial charge in [-0.05, 0) is 43.2 Å². The molecular weight excluding hydrogens is 420 g/mol. The van der Waals surface area contributed by atoms with Gasteiger partial charge in [-0.2, -0.15) is 0 Å². The monoisotopic (exact) mass is 444 g/mol. The van der Waals surface area contributed by atoms with Gasteiger partial charge in [-0.3, -0.25) is 9.63 Å². The molecule has 1 unspecified atom stereocenters. The molecule has 1 heterocycles. The summed E-state index contributed by atoms with van der Waals surface area (Å²) in [5.74, 6) is -0.282. The van der Waals surface area contributed by atoms with Gasteiger partial charge in [0.2, 0.25) is 0 Å². The second-order valence-corrected chi connectivity index (χ2v) is 8.27. The van der Waals surface area contributed by atoms with Crippen LogP contribution in [-0.2, 0) is 16.2 Å². The van der Waals surface area contributed by atoms with Gasteiger partial charge in [-0.15, -0.1) is 0 Å². The molecule has 0 aliphatic carbocycles. The van der Waals surface area contributed by atoms with Crippen LogP contribution < -0.4 is 0 Å². The molecule has 162 valence electrons. The highest BCUT2D eigenvalue weighted by Gasteiger charge is 2.32. The quantitative estimate of drug-likeness (QED) is 0.253. The SMILES string of the molecule is C=C(C)C(=O)N(OCc1ccccc1)C(c1cccc(Cl)c1)c1c(C)[nH]c2ccccc12. The number of carbonyl (C=O) groups is 1. The van der Waals surface area contributed by atoms with E-state index in [-0.39, 0.29) is 12.5 Å². The van der Waals surface area contributed by atoms with E-state index in [2.05, 4.69) is 11.6 Å². The molecule has 0 radical (unpaired) electrons. The van der Waals surface area contributed by atoms with E-state index in [0.29, 0.717) is 10.6 Å². The number of aromatic amines is 1. The Bertz CT molecular complexity index is 1260. The van der Waals surface area contributed by atoms with Gasteiger partial charge in [0.1, 0.15) is 12.6 Å². The summed E-state index contributed by atoms with van der Waals surface area (Å²) in [7, 11) is 0. The summed E-state index contributed by atoms with van der Waals surface area (Å²) in [6.07, 6.45) is 0. The maximum Gasteiger partial charge on any atom is 0.273 e. The molecule has 1 amide bonds. The van der Waals surface area contributed by atoms with Crippen LogP contribution in [-0.4, -0.2) is 16.0 Å². The lowest BCUT2D eigenvalue weighted by Crippen LogP contribution is -2.36. The highest BCUT2D eigenvalue weighted by atomic mass is 35.5. The first-order valence-corrected chi connectivity index (χ1v) is 10.8. The normalized spacial score (nSPS) is 12.0. The van der Waals surface area contributed by atoms with Crippen LogP contribution in [0.3, 0.4) is 0 Å². The highest BCUT2D eigenvalue weighted by molar-refractivity contribution is 6.30. The maximum absolute atomic E-state index is 13.4. The van der Waals surface area contributed by atoms with Crippen molar-refractivity contribution in [2.24, 2.45) is 0 Å². The third-order valence-corrected chi connectivity index (χ3v) is 5.63. The average molecular weight is 445 g/mol. The first-order chi connectivity index (χ1) is 15.5. The molecule has 4 nitrogen and oxygen atoms in total. The van der Waals surface area contributed by atoms with E-state index < -0.39 is 6.04 Å². The molecule has 0 saturated carbocycles. The zero-order valence-corrected chi connectivity index (χ0v) is 18.9. The molecule has 0 fully saturated rings. The standard InChI is InChI=1S/C27H25ClN2O2/c1-18(2)27(31)30(32-17-20-10-5-4-6-11-20)26(21-12-9-13-22(28)16-21)25-19(3)29-24-15-8-7-14-23(24)25/h4-16,26,29H,1,17H2,2-3H3. The first kappa shape index (κ1) is 21.9. The van der Waals surface area contributed by atoms with Crippen LogP contribution in [0.1, 0.15) is 35.3 Å². The minimum Gasteiger partial charge on any atom is -0.358 e. The van der Waals surface area contributed by atoms with Crippen LogP contribution in [0.5, 0.6) is 0 Å². The number of carbonyl (C=O) groups excluding carboxylic acids is 1. The number of rotatable bonds is 7. The Morgan fingerprint density at radius 2 is 1.78 bits per heavy atom. The summed E-state index contributed by atoms with van der Waals surface area (Å²) >= 11 is 6.36. The van der Waals surface area contributed by atoms with Crippen molar-refractivity contribution in [2.45, 2.75) is 26.5 Å². The Morgan fingerprint density at radius 3 is 2.50 bits per heavy atom. The van der Waals surface area contributed by atoms with E-state index in [1.54, 1.807) is 6.92 Å². The fourth-order valence-electron chi connectivity index (χ4n) is 3.90. The average Bonchev–Trinajstić information content (AvgIpc) is 3.12. The second-order valence-electron chi connectivity index (χ2n) is 7.84. The maximum atomic E-state index is 13.4. The smallest absolute Gasteiger partial charge is 0.273 e. The fraction of sp³-hybridized carbons (Fsp3) is 0.148. The Morgan fingerprint density at radius 1 is 1.06 bits per heavy atom. The van der Waals surface area contributed by atoms with Gasteiger partial charge >= 0.3 is 0 Å². The van der Waals surface area contributed by atoms with Crippen molar-refractivity contribution in [1.82, 2.24) is 10.0 Å². The predicted molar refractivity (Wildman–Crippen MR) is 129 cm³/mol. The Hall–Kier alpha value is -3.34. The van der Waals surface area contributed by atoms with Gasteiger partial charge in [-0.25, -0.2) is 5.06 Å². The Labute approximate surface area is 193 Å². The lowest BCUT2D eigenvalue weighted by molar-refractivity contribution is -0.198. The van der Waals surface area contributed by atoms with Crippen LogP contribution in [0.15, 0.2) is 91.0 Å². The van der Waals surface area contributed by atoms with Gasteiger partial charge in [0.25, 0.3) is 5.91 Å². The zero-order chi connectivity index (χ0) is 22.7. The van der Waals surface area contributed by atoms with Gasteiger partial charge < -0.3 is 4.98 Å². The molecule has 1 atom stereocenters. The summed E-state index contributed by atoms with van der Waals surface area (Å²) in [5.41, 5.74) is 5.13. The third kappa shape index (κ3) is 4.47. The molecular formula is C27H25ClN2O2. The Balaban J connectivity index is 1.88. The number of fused-ring (bicyclic) bond motifs is 1. The number of hydrogen-bond acceptors (Lipinski definition) is 2. The molecule has 0 aliphatic rings. The van der Waals surface area contributed by atoms with Crippen molar-refractivity contribution >= 4 is 28.4 Å². The highest BCUT2D eigenvalue weighted by Crippen LogP contribution is 2.38. The van der Waals surface area contributed by atoms with Crippen molar-refractivity contribution < 1.29 is 9.63 Å². The summed E-state index contributed by atoms with van der Waals surface area (Å²) in [6.45, 7) is 7.83. The number of hydroxylamine groups is 2. The number of nitrogens with zero attached hydrogens (tertiary/aromatic N) is 1. The largest absolute Gasteiger partial charge is 0.358 e. The van der Waals surface area contributed by atoms with Crippen molar-refractivity contribution in [3.8, 4) is 0 Å². The molecule has 0 bridgehead atoms. The summed E-state index contributed by atoms with van der Waals surface area (Å²) < 4.78 is 0. The number of benzene rings is 3. The van der Waals surface area contributed by atoms with Crippen molar-refractivity contribution in [3.63, 3.8) is 0 Å². The molecule has 5 heteroatoms. The third-order valence-electron chi connectivity index (χ3n) is 5.39. The number of halogens is 1. The Kier molecular flexibility index (Phi) is 6.45. The van der Waals surface area contributed by atoms with E-state index in [4.69, 9.17) is 16.4 Å². The van der Waals surface area contributed by atoms with E-state index in [0.717, 1.165) is 33.3 Å². The van der Waals surface area contributed by atoms with Gasteiger partial charge in [0.15, 0.2) is 0 Å². The predicted octanol–water partition coefficient (Wildman–Crippen LogP) is 6.76. The number of hydrogen-bond donors (Lipinski definition) is 1. The number of aromatic nitrogens is 1. The van der Waals surface area contributed by atoms with Crippen LogP contribution in [0, 0.1) is 6.92 Å². The number of para-hydroxylation sites is 1. The van der Waals surface area contributed by atoms with E-state index in [9.17, 15) is 4.79 Å². The number of H-pyrrole nitrogens is 1. The van der Waals surface area contributed by atoms with Crippen molar-refractivity contribution in [1.29, 1.82) is 0 Å². The lowest BCUT2D eigenvalue weighted by Gasteiger charge is -2.32. The molecule has 0 aliphatic heterocycles. The fourth-order valence-corrected chi connectivity index (χ4v) is 4.10. The molecule has 32 heavy (non-hydrogen) atoms. The van der Waals surface area contributed by atoms with Crippen LogP contribution in [0.25, 0.3) is 10.9 Å². The van der Waals surface area contributed by atoms with E-state index in [1.165, 1.54) is 5.06 Å². The molecule has 0 saturated heterocycles. The molecule has 4 rings (SSSR count). The number of aryl methyl sites for hydroxylation is 1. The number of amides is 1. The van der Waals surface area contributed by atoms with Crippen LogP contribution in [0.4, 0.5) is 0 Å². The van der Waals surface area contributed by atoms with E-state index in [1.807, 2.05) is 85.8 Å². The lowest BCUT2D eigenvalue weighted by atomic mass is 9.95. The molecule has 3 aromatic carbocycles. The summed E-state index contributed by atoms with van der Waals surface area (Å²) in [4.78, 5) is 23.0. The molecule has 0 spiro atoms. The molecule has 1 N–H and O–H groups in total. The first-order valence-electron chi connectivity index (χ1n) is 10.4. The van der Waals surface area contributed by atoms with Gasteiger partial charge in [-0.1, -0.05) is 78.8 Å². The van der Waals surface area contributed by atoms with Gasteiger partial charge in [0, 0.05) is 32.8 Å². The summed E-state index contributed by atoms with van der Waals surface area (Å²) in [6, 6.07) is 24.8. The zero-order valence-electron chi connectivity index (χ0n) is 18.1. The second kappa shape index (κ2) is 9.43. The van der Waals surface area contributed by atoms with Crippen molar-refractivity contribution in [3.05, 3.63) is 118 Å². The van der Waals surface area contributed by atoms with Crippen LogP contribution in [0.2, 0.25) is 5.02 Å². The van der Waals surface area contributed by atoms with Crippen LogP contribution >= 0.6 is 11.6 Å². The minimum atomic E-state index is -0.516. The van der Waals surface area contributed by atoms with Gasteiger partial charge in [0.05, 0.1) is 0 Å².